The number of nitrogens with zero attached hydrogens (tertiary/aromatic N) is 1. The monoisotopic (exact) mass is 470 g/mol. The second kappa shape index (κ2) is 9.09. The maximum absolute atomic E-state index is 13.8. The number of imide groups is 1. The molecule has 0 aromatic heterocycles. The van der Waals surface area contributed by atoms with Crippen LogP contribution in [0.2, 0.25) is 0 Å². The lowest BCUT2D eigenvalue weighted by atomic mass is 9.79. The zero-order chi connectivity index (χ0) is 24.6. The Balaban J connectivity index is 1.55. The van der Waals surface area contributed by atoms with Crippen LogP contribution in [0, 0.1) is 18.8 Å². The summed E-state index contributed by atoms with van der Waals surface area (Å²) in [6.45, 7) is 1.75. The second-order valence-corrected chi connectivity index (χ2v) is 9.09. The molecule has 0 bridgehead atoms. The highest BCUT2D eigenvalue weighted by Gasteiger charge is 2.69. The Morgan fingerprint density at radius 2 is 1.57 bits per heavy atom. The van der Waals surface area contributed by atoms with Crippen molar-refractivity contribution in [2.24, 2.45) is 11.8 Å². The maximum atomic E-state index is 13.8. The van der Waals surface area contributed by atoms with Gasteiger partial charge in [0.15, 0.2) is 5.54 Å². The number of ether oxygens (including phenoxy) is 1. The van der Waals surface area contributed by atoms with Gasteiger partial charge in [0.1, 0.15) is 0 Å². The number of anilines is 1. The van der Waals surface area contributed by atoms with E-state index in [1.165, 1.54) is 0 Å². The van der Waals surface area contributed by atoms with E-state index in [4.69, 9.17) is 4.74 Å². The summed E-state index contributed by atoms with van der Waals surface area (Å²) in [6.07, 6.45) is 0. The first kappa shape index (κ1) is 23.0. The van der Waals surface area contributed by atoms with Crippen LogP contribution in [0.25, 0.3) is 0 Å². The molecule has 0 spiro atoms. The quantitative estimate of drug-likeness (QED) is 0.514. The van der Waals surface area contributed by atoms with Crippen molar-refractivity contribution in [2.75, 3.05) is 11.5 Å². The lowest BCUT2D eigenvalue weighted by Crippen LogP contribution is -2.59. The summed E-state index contributed by atoms with van der Waals surface area (Å²) < 4.78 is 5.88. The number of aryl methyl sites for hydroxylation is 1. The Labute approximate surface area is 203 Å². The molecule has 0 saturated carbocycles. The first-order valence-corrected chi connectivity index (χ1v) is 11.6. The standard InChI is InChI=1S/C28H26N2O5/c1-18-10-8-9-15-21(18)30-25(31)22-23(26(30)32)28(27(33)34,17-35-16-19-11-4-2-5-12-19)29-24(22)20-13-6-3-7-14-20/h2-15,22-24,29H,16-17H2,1H3,(H,33,34). The summed E-state index contributed by atoms with van der Waals surface area (Å²) in [5, 5.41) is 13.6. The number of carbonyl (C=O) groups excluding carboxylic acids is 2. The molecule has 2 fully saturated rings. The number of hydrogen-bond donors (Lipinski definition) is 2. The third kappa shape index (κ3) is 3.83. The van der Waals surface area contributed by atoms with E-state index in [-0.39, 0.29) is 13.2 Å². The summed E-state index contributed by atoms with van der Waals surface area (Å²) in [5.41, 5.74) is 1.12. The van der Waals surface area contributed by atoms with Gasteiger partial charge in [-0.15, -0.1) is 0 Å². The second-order valence-electron chi connectivity index (χ2n) is 9.09. The zero-order valence-electron chi connectivity index (χ0n) is 19.3. The molecule has 7 nitrogen and oxygen atoms in total. The van der Waals surface area contributed by atoms with Crippen molar-refractivity contribution >= 4 is 23.5 Å². The molecule has 2 aliphatic heterocycles. The van der Waals surface area contributed by atoms with Gasteiger partial charge in [0.05, 0.1) is 30.7 Å². The van der Waals surface area contributed by atoms with Crippen LogP contribution in [0.1, 0.15) is 22.7 Å². The molecule has 2 amide bonds. The predicted molar refractivity (Wildman–Crippen MR) is 129 cm³/mol. The van der Waals surface area contributed by atoms with Crippen molar-refractivity contribution in [2.45, 2.75) is 25.1 Å². The molecule has 3 aromatic carbocycles. The minimum Gasteiger partial charge on any atom is -0.480 e. The zero-order valence-corrected chi connectivity index (χ0v) is 19.3. The topological polar surface area (TPSA) is 95.9 Å². The fourth-order valence-corrected chi connectivity index (χ4v) is 5.30. The van der Waals surface area contributed by atoms with Crippen LogP contribution >= 0.6 is 0 Å². The molecular weight excluding hydrogens is 444 g/mol. The van der Waals surface area contributed by atoms with Gasteiger partial charge in [-0.25, -0.2) is 4.90 Å². The van der Waals surface area contributed by atoms with Gasteiger partial charge in [-0.2, -0.15) is 0 Å². The molecule has 0 radical (unpaired) electrons. The number of hydrogen-bond acceptors (Lipinski definition) is 5. The van der Waals surface area contributed by atoms with Crippen molar-refractivity contribution in [3.8, 4) is 0 Å². The molecule has 7 heteroatoms. The average molecular weight is 471 g/mol. The normalized spacial score (nSPS) is 25.6. The Hall–Kier alpha value is -3.81. The molecule has 3 aromatic rings. The predicted octanol–water partition coefficient (Wildman–Crippen LogP) is 3.49. The Morgan fingerprint density at radius 1 is 0.943 bits per heavy atom. The van der Waals surface area contributed by atoms with E-state index in [9.17, 15) is 19.5 Å². The van der Waals surface area contributed by atoms with E-state index in [1.54, 1.807) is 12.1 Å². The first-order valence-electron chi connectivity index (χ1n) is 11.6. The van der Waals surface area contributed by atoms with E-state index >= 15 is 0 Å². The minimum atomic E-state index is -1.76. The molecule has 178 valence electrons. The number of aliphatic carboxylic acids is 1. The summed E-state index contributed by atoms with van der Waals surface area (Å²) in [4.78, 5) is 41.6. The fourth-order valence-electron chi connectivity index (χ4n) is 5.30. The molecule has 4 atom stereocenters. The van der Waals surface area contributed by atoms with Crippen LogP contribution in [0.4, 0.5) is 5.69 Å². The van der Waals surface area contributed by atoms with Crippen LogP contribution in [-0.2, 0) is 25.7 Å². The van der Waals surface area contributed by atoms with E-state index in [0.29, 0.717) is 5.69 Å². The van der Waals surface area contributed by atoms with E-state index in [0.717, 1.165) is 21.6 Å². The Bertz CT molecular complexity index is 1260. The number of para-hydroxylation sites is 1. The van der Waals surface area contributed by atoms with Gasteiger partial charge in [-0.1, -0.05) is 78.9 Å². The lowest BCUT2D eigenvalue weighted by molar-refractivity contribution is -0.152. The van der Waals surface area contributed by atoms with Gasteiger partial charge in [0, 0.05) is 6.04 Å². The molecule has 0 aliphatic carbocycles. The Morgan fingerprint density at radius 3 is 2.23 bits per heavy atom. The minimum absolute atomic E-state index is 0.189. The largest absolute Gasteiger partial charge is 0.480 e. The number of nitrogens with one attached hydrogen (secondary N) is 1. The number of carboxylic acid groups (broad SMARTS) is 1. The highest BCUT2D eigenvalue weighted by Crippen LogP contribution is 2.50. The summed E-state index contributed by atoms with van der Waals surface area (Å²) >= 11 is 0. The third-order valence-corrected chi connectivity index (χ3v) is 6.99. The molecular formula is C28H26N2O5. The summed E-state index contributed by atoms with van der Waals surface area (Å²) in [6, 6.07) is 25.1. The van der Waals surface area contributed by atoms with E-state index in [2.05, 4.69) is 5.32 Å². The van der Waals surface area contributed by atoms with Crippen LogP contribution in [0.5, 0.6) is 0 Å². The van der Waals surface area contributed by atoms with Crippen LogP contribution < -0.4 is 10.2 Å². The van der Waals surface area contributed by atoms with Crippen molar-refractivity contribution in [3.63, 3.8) is 0 Å². The summed E-state index contributed by atoms with van der Waals surface area (Å²) in [7, 11) is 0. The van der Waals surface area contributed by atoms with Crippen molar-refractivity contribution in [1.82, 2.24) is 5.32 Å². The maximum Gasteiger partial charge on any atom is 0.327 e. The first-order chi connectivity index (χ1) is 16.9. The van der Waals surface area contributed by atoms with Crippen molar-refractivity contribution < 1.29 is 24.2 Å². The molecule has 5 rings (SSSR count). The number of fused-ring (bicyclic) bond motifs is 1. The van der Waals surface area contributed by atoms with Gasteiger partial charge >= 0.3 is 5.97 Å². The Kier molecular flexibility index (Phi) is 5.96. The van der Waals surface area contributed by atoms with Crippen molar-refractivity contribution in [1.29, 1.82) is 0 Å². The van der Waals surface area contributed by atoms with Gasteiger partial charge in [-0.3, -0.25) is 19.7 Å². The number of benzene rings is 3. The van der Waals surface area contributed by atoms with Crippen LogP contribution in [0.3, 0.4) is 0 Å². The van der Waals surface area contributed by atoms with Gasteiger partial charge < -0.3 is 9.84 Å². The van der Waals surface area contributed by atoms with E-state index < -0.39 is 41.2 Å². The van der Waals surface area contributed by atoms with Crippen LogP contribution in [0.15, 0.2) is 84.9 Å². The molecule has 4 unspecified atom stereocenters. The summed E-state index contributed by atoms with van der Waals surface area (Å²) in [5.74, 6) is -4.13. The SMILES string of the molecule is Cc1ccccc1N1C(=O)C2C(c3ccccc3)NC(COCc3ccccc3)(C(=O)O)C2C1=O. The smallest absolute Gasteiger partial charge is 0.327 e. The lowest BCUT2D eigenvalue weighted by Gasteiger charge is -2.31. The van der Waals surface area contributed by atoms with Gasteiger partial charge in [0.25, 0.3) is 0 Å². The highest BCUT2D eigenvalue weighted by molar-refractivity contribution is 6.24. The highest BCUT2D eigenvalue weighted by atomic mass is 16.5. The van der Waals surface area contributed by atoms with Crippen molar-refractivity contribution in [3.05, 3.63) is 102 Å². The van der Waals surface area contributed by atoms with Gasteiger partial charge in [0.2, 0.25) is 11.8 Å². The number of carboxylic acids is 1. The molecule has 2 heterocycles. The average Bonchev–Trinajstić information content (AvgIpc) is 3.35. The third-order valence-electron chi connectivity index (χ3n) is 6.99. The molecule has 2 N–H and O–H groups in total. The molecule has 35 heavy (non-hydrogen) atoms. The van der Waals surface area contributed by atoms with E-state index in [1.807, 2.05) is 79.7 Å². The fraction of sp³-hybridized carbons (Fsp3) is 0.250. The number of rotatable bonds is 7. The van der Waals surface area contributed by atoms with Gasteiger partial charge in [-0.05, 0) is 29.7 Å². The molecule has 2 saturated heterocycles. The number of carbonyl (C=O) groups is 3. The number of amides is 2. The molecule has 2 aliphatic rings. The van der Waals surface area contributed by atoms with Crippen LogP contribution in [-0.4, -0.2) is 35.0 Å².